The van der Waals surface area contributed by atoms with Crippen LogP contribution in [0.1, 0.15) is 44.1 Å². The Bertz CT molecular complexity index is 1890. The maximum Gasteiger partial charge on any atom is 0.319 e. The van der Waals surface area contributed by atoms with Crippen molar-refractivity contribution in [3.05, 3.63) is 47.7 Å². The van der Waals surface area contributed by atoms with Crippen LogP contribution in [0.4, 0.5) is 14.6 Å². The summed E-state index contributed by atoms with van der Waals surface area (Å²) >= 11 is 0. The van der Waals surface area contributed by atoms with E-state index in [2.05, 4.69) is 31.0 Å². The van der Waals surface area contributed by atoms with Gasteiger partial charge in [-0.2, -0.15) is 9.97 Å². The minimum absolute atomic E-state index is 0.0267. The van der Waals surface area contributed by atoms with E-state index in [1.54, 1.807) is 13.3 Å². The van der Waals surface area contributed by atoms with Crippen LogP contribution in [-0.2, 0) is 4.74 Å². The third-order valence-corrected chi connectivity index (χ3v) is 10.5. The molecule has 6 heterocycles. The Hall–Kier alpha value is -4.11. The number of ether oxygens (including phenoxy) is 2. The second-order valence-corrected chi connectivity index (χ2v) is 13.2. The zero-order valence-electron chi connectivity index (χ0n) is 25.7. The molecule has 238 valence electrons. The molecular formula is C35H36F2N6O3. The molecule has 0 saturated carbocycles. The van der Waals surface area contributed by atoms with Crippen molar-refractivity contribution in [2.45, 2.75) is 62.2 Å². The van der Waals surface area contributed by atoms with Crippen LogP contribution in [0.15, 0.2) is 30.5 Å². The van der Waals surface area contributed by atoms with Gasteiger partial charge < -0.3 is 24.8 Å². The molecular weight excluding hydrogens is 590 g/mol. The Morgan fingerprint density at radius 3 is 2.74 bits per heavy atom. The Balaban J connectivity index is 1.25. The SMILES string of the molecule is C#Cc1c(F)ccc2cc(O)cc(-c3ncc4c(N5C[C@H]6CC[C@@H](C5)N6)nc(OC[C@@]56CCCN5[C@H](COC)CC6)nc4c3F)c12. The van der Waals surface area contributed by atoms with Gasteiger partial charge in [0.2, 0.25) is 0 Å². The highest BCUT2D eigenvalue weighted by Gasteiger charge is 2.49. The van der Waals surface area contributed by atoms with E-state index in [0.29, 0.717) is 53.3 Å². The molecule has 4 aliphatic rings. The molecule has 4 atom stereocenters. The van der Waals surface area contributed by atoms with Crippen LogP contribution < -0.4 is 15.0 Å². The first kappa shape index (κ1) is 29.3. The molecule has 4 saturated heterocycles. The lowest BCUT2D eigenvalue weighted by molar-refractivity contribution is 0.0521. The average Bonchev–Trinajstić information content (AvgIpc) is 3.73. The summed E-state index contributed by atoms with van der Waals surface area (Å²) in [6, 6.07) is 6.67. The van der Waals surface area contributed by atoms with Crippen LogP contribution >= 0.6 is 0 Å². The van der Waals surface area contributed by atoms with Gasteiger partial charge >= 0.3 is 6.01 Å². The normalized spacial score (nSPS) is 25.8. The first-order valence-corrected chi connectivity index (χ1v) is 16.1. The predicted octanol–water partition coefficient (Wildman–Crippen LogP) is 4.77. The number of piperazine rings is 1. The van der Waals surface area contributed by atoms with E-state index < -0.39 is 11.6 Å². The van der Waals surface area contributed by atoms with Gasteiger partial charge in [-0.1, -0.05) is 12.0 Å². The second-order valence-electron chi connectivity index (χ2n) is 13.2. The number of aromatic nitrogens is 3. The quantitative estimate of drug-likeness (QED) is 0.281. The molecule has 9 nitrogen and oxygen atoms in total. The van der Waals surface area contributed by atoms with Crippen LogP contribution in [0.5, 0.6) is 11.8 Å². The molecule has 4 aliphatic heterocycles. The number of pyridine rings is 1. The summed E-state index contributed by atoms with van der Waals surface area (Å²) < 4.78 is 43.6. The van der Waals surface area contributed by atoms with Crippen LogP contribution in [0.2, 0.25) is 0 Å². The van der Waals surface area contributed by atoms with Gasteiger partial charge in [0, 0.05) is 55.5 Å². The number of rotatable bonds is 7. The first-order valence-electron chi connectivity index (χ1n) is 16.1. The Morgan fingerprint density at radius 1 is 1.13 bits per heavy atom. The third-order valence-electron chi connectivity index (χ3n) is 10.5. The highest BCUT2D eigenvalue weighted by molar-refractivity contribution is 6.03. The number of methoxy groups -OCH3 is 1. The highest BCUT2D eigenvalue weighted by Crippen LogP contribution is 2.43. The molecule has 2 N–H and O–H groups in total. The van der Waals surface area contributed by atoms with Crippen molar-refractivity contribution < 1.29 is 23.4 Å². The van der Waals surface area contributed by atoms with E-state index in [1.807, 2.05) is 0 Å². The van der Waals surface area contributed by atoms with Crippen molar-refractivity contribution in [3.63, 3.8) is 0 Å². The summed E-state index contributed by atoms with van der Waals surface area (Å²) in [6.45, 7) is 3.52. The van der Waals surface area contributed by atoms with Crippen molar-refractivity contribution in [1.82, 2.24) is 25.2 Å². The zero-order valence-corrected chi connectivity index (χ0v) is 25.7. The fraction of sp³-hybridized carbons (Fsp3) is 0.457. The number of phenols is 1. The molecule has 2 bridgehead atoms. The van der Waals surface area contributed by atoms with Gasteiger partial charge in [-0.05, 0) is 68.7 Å². The molecule has 4 fully saturated rings. The average molecular weight is 627 g/mol. The molecule has 0 unspecified atom stereocenters. The van der Waals surface area contributed by atoms with E-state index in [4.69, 9.17) is 20.9 Å². The summed E-state index contributed by atoms with van der Waals surface area (Å²) in [5.41, 5.74) is -0.0178. The molecule has 2 aromatic heterocycles. The summed E-state index contributed by atoms with van der Waals surface area (Å²) in [6.07, 6.45) is 13.5. The van der Waals surface area contributed by atoms with Gasteiger partial charge in [-0.3, -0.25) is 9.88 Å². The molecule has 0 radical (unpaired) electrons. The predicted molar refractivity (Wildman–Crippen MR) is 171 cm³/mol. The summed E-state index contributed by atoms with van der Waals surface area (Å²) in [4.78, 5) is 18.8. The van der Waals surface area contributed by atoms with E-state index in [-0.39, 0.29) is 39.6 Å². The number of fused-ring (bicyclic) bond motifs is 5. The number of nitrogens with zero attached hydrogens (tertiary/aromatic N) is 5. The van der Waals surface area contributed by atoms with Crippen LogP contribution in [-0.4, -0.2) is 88.6 Å². The van der Waals surface area contributed by atoms with E-state index >= 15 is 4.39 Å². The van der Waals surface area contributed by atoms with Crippen molar-refractivity contribution in [2.24, 2.45) is 0 Å². The van der Waals surface area contributed by atoms with Gasteiger partial charge in [0.05, 0.1) is 23.1 Å². The molecule has 0 amide bonds. The standard InChI is InChI=1S/C35H36F2N6O3/c1-3-25-28(36)8-5-20-13-24(44)14-26(29(20)25)31-30(37)32-27(15-38-31)33(42-16-21-6-7-22(17-42)39-21)41-34(40-32)46-19-35-10-4-12-43(35)23(9-11-35)18-45-2/h1,5,8,13-15,21-23,39,44H,4,6-7,9-12,16-19H2,2H3/t21-,22+,23-,35-/m0/s1. The second kappa shape index (κ2) is 11.3. The summed E-state index contributed by atoms with van der Waals surface area (Å²) in [5.74, 6) is 1.52. The summed E-state index contributed by atoms with van der Waals surface area (Å²) in [7, 11) is 1.74. The number of aromatic hydroxyl groups is 1. The van der Waals surface area contributed by atoms with Crippen molar-refractivity contribution >= 4 is 27.5 Å². The van der Waals surface area contributed by atoms with Crippen molar-refractivity contribution in [2.75, 3.05) is 44.9 Å². The monoisotopic (exact) mass is 626 g/mol. The smallest absolute Gasteiger partial charge is 0.319 e. The van der Waals surface area contributed by atoms with E-state index in [1.165, 1.54) is 24.3 Å². The number of nitrogens with one attached hydrogen (secondary N) is 1. The maximum atomic E-state index is 16.8. The lowest BCUT2D eigenvalue weighted by atomic mass is 9.95. The van der Waals surface area contributed by atoms with Gasteiger partial charge in [-0.25, -0.2) is 8.78 Å². The fourth-order valence-corrected chi connectivity index (χ4v) is 8.42. The highest BCUT2D eigenvalue weighted by atomic mass is 19.1. The molecule has 11 heteroatoms. The maximum absolute atomic E-state index is 16.8. The molecule has 8 rings (SSSR count). The number of halogens is 2. The van der Waals surface area contributed by atoms with E-state index in [9.17, 15) is 9.50 Å². The lowest BCUT2D eigenvalue weighted by Crippen LogP contribution is -2.51. The van der Waals surface area contributed by atoms with Gasteiger partial charge in [0.25, 0.3) is 0 Å². The number of terminal acetylenes is 1. The van der Waals surface area contributed by atoms with Crippen LogP contribution in [0.3, 0.4) is 0 Å². The van der Waals surface area contributed by atoms with Crippen LogP contribution in [0.25, 0.3) is 32.9 Å². The van der Waals surface area contributed by atoms with E-state index in [0.717, 1.165) is 58.2 Å². The largest absolute Gasteiger partial charge is 0.508 e. The minimum Gasteiger partial charge on any atom is -0.508 e. The molecule has 4 aromatic rings. The fourth-order valence-electron chi connectivity index (χ4n) is 8.42. The van der Waals surface area contributed by atoms with Crippen LogP contribution in [0, 0.1) is 24.0 Å². The van der Waals surface area contributed by atoms with Gasteiger partial charge in [0.1, 0.15) is 35.2 Å². The Morgan fingerprint density at radius 2 is 1.96 bits per heavy atom. The molecule has 2 aromatic carbocycles. The molecule has 0 aliphatic carbocycles. The zero-order chi connectivity index (χ0) is 31.6. The summed E-state index contributed by atoms with van der Waals surface area (Å²) in [5, 5.41) is 15.4. The first-order chi connectivity index (χ1) is 22.4. The van der Waals surface area contributed by atoms with Crippen molar-refractivity contribution in [3.8, 4) is 35.4 Å². The third kappa shape index (κ3) is 4.73. The number of phenolic OH excluding ortho intramolecular Hbond substituents is 1. The van der Waals surface area contributed by atoms with Crippen molar-refractivity contribution in [1.29, 1.82) is 0 Å². The minimum atomic E-state index is -0.718. The Labute approximate surface area is 265 Å². The Kier molecular flexibility index (Phi) is 7.20. The molecule has 46 heavy (non-hydrogen) atoms. The van der Waals surface area contributed by atoms with Gasteiger partial charge in [0.15, 0.2) is 5.82 Å². The van der Waals surface area contributed by atoms with Gasteiger partial charge in [-0.15, -0.1) is 6.42 Å². The number of benzene rings is 2. The number of anilines is 1. The topological polar surface area (TPSA) is 95.9 Å². The number of hydrogen-bond donors (Lipinski definition) is 2. The number of hydrogen-bond acceptors (Lipinski definition) is 9. The molecule has 0 spiro atoms. The lowest BCUT2D eigenvalue weighted by Gasteiger charge is -2.35.